The van der Waals surface area contributed by atoms with Crippen LogP contribution in [0.25, 0.3) is 0 Å². The molecule has 1 amide bonds. The molecule has 1 aliphatic rings. The predicted octanol–water partition coefficient (Wildman–Crippen LogP) is 4.86. The monoisotopic (exact) mass is 653 g/mol. The molecule has 45 heavy (non-hydrogen) atoms. The topological polar surface area (TPSA) is 104 Å². The lowest BCUT2D eigenvalue weighted by Gasteiger charge is -2.30. The standard InChI is InChI=1S/C36H63N3O5.ClH/c1-5-7-8-9-10-11-12-13-14-15-16-17-18-19-20-22-27-38-34(41)43-30-36(4)26-25-35(3,44-36)29-42-33(40)32(37)31-24-21-23-28-39(31)6-2;/h21,23-24,28,32H,5-20,22,25-27,29-30,37H2,1-4H3;1H. The van der Waals surface area contributed by atoms with E-state index in [0.717, 1.165) is 12.8 Å². The lowest BCUT2D eigenvalue weighted by atomic mass is 9.99. The number of amides is 1. The fourth-order valence-corrected chi connectivity index (χ4v) is 6.06. The fourth-order valence-electron chi connectivity index (χ4n) is 6.06. The number of aryl methyl sites for hydroxylation is 1. The fraction of sp³-hybridized carbons (Fsp3) is 0.806. The van der Waals surface area contributed by atoms with Gasteiger partial charge >= 0.3 is 12.1 Å². The Balaban J connectivity index is 0.0000101. The minimum Gasteiger partial charge on any atom is -1.00 e. The maximum atomic E-state index is 12.7. The Morgan fingerprint density at radius 3 is 1.82 bits per heavy atom. The zero-order chi connectivity index (χ0) is 32.1. The predicted molar refractivity (Wildman–Crippen MR) is 176 cm³/mol. The minimum atomic E-state index is -0.867. The second-order valence-corrected chi connectivity index (χ2v) is 13.3. The van der Waals surface area contributed by atoms with E-state index in [9.17, 15) is 9.59 Å². The average Bonchev–Trinajstić information content (AvgIpc) is 3.34. The largest absolute Gasteiger partial charge is 1.00 e. The molecule has 0 aliphatic carbocycles. The number of unbranched alkanes of at least 4 members (excludes halogenated alkanes) is 15. The molecule has 0 radical (unpaired) electrons. The summed E-state index contributed by atoms with van der Waals surface area (Å²) in [6.45, 7) is 9.72. The Labute approximate surface area is 280 Å². The van der Waals surface area contributed by atoms with Gasteiger partial charge in [-0.3, -0.25) is 0 Å². The number of ether oxygens (including phenoxy) is 3. The summed E-state index contributed by atoms with van der Waals surface area (Å²) in [5, 5.41) is 2.87. The lowest BCUT2D eigenvalue weighted by Crippen LogP contribution is -3.00. The third-order valence-electron chi connectivity index (χ3n) is 8.89. The van der Waals surface area contributed by atoms with Gasteiger partial charge in [-0.2, -0.15) is 0 Å². The van der Waals surface area contributed by atoms with Crippen LogP contribution in [-0.2, 0) is 25.5 Å². The van der Waals surface area contributed by atoms with E-state index in [4.69, 9.17) is 19.9 Å². The smallest absolute Gasteiger partial charge is 0.407 e. The molecule has 0 saturated carbocycles. The molecular weight excluding hydrogens is 590 g/mol. The van der Waals surface area contributed by atoms with Crippen LogP contribution in [0.15, 0.2) is 24.4 Å². The maximum Gasteiger partial charge on any atom is 0.407 e. The van der Waals surface area contributed by atoms with Gasteiger partial charge in [0, 0.05) is 18.7 Å². The number of hydrogen-bond donors (Lipinski definition) is 2. The SMILES string of the molecule is CCCCCCCCCCCCCCCCCCNC(=O)OCC1(C)CCC(C)(COC(=O)C(N)c2cccc[n+]2CC)O1.[Cl-]. The van der Waals surface area contributed by atoms with Crippen molar-refractivity contribution in [3.8, 4) is 0 Å². The minimum absolute atomic E-state index is 0. The molecule has 3 N–H and O–H groups in total. The molecule has 2 heterocycles. The van der Waals surface area contributed by atoms with Crippen molar-refractivity contribution in [3.63, 3.8) is 0 Å². The Kier molecular flexibility index (Phi) is 21.4. The molecule has 3 unspecified atom stereocenters. The summed E-state index contributed by atoms with van der Waals surface area (Å²) < 4.78 is 19.3. The van der Waals surface area contributed by atoms with Crippen LogP contribution in [0.3, 0.4) is 0 Å². The van der Waals surface area contributed by atoms with Crippen molar-refractivity contribution in [2.45, 2.75) is 167 Å². The average molecular weight is 654 g/mol. The van der Waals surface area contributed by atoms with Gasteiger partial charge in [0.15, 0.2) is 12.2 Å². The molecule has 0 spiro atoms. The van der Waals surface area contributed by atoms with Crippen molar-refractivity contribution in [2.75, 3.05) is 19.8 Å². The molecule has 1 saturated heterocycles. The van der Waals surface area contributed by atoms with E-state index in [2.05, 4.69) is 12.2 Å². The quantitative estimate of drug-likeness (QED) is 0.0939. The molecule has 3 atom stereocenters. The van der Waals surface area contributed by atoms with Crippen molar-refractivity contribution in [1.82, 2.24) is 5.32 Å². The van der Waals surface area contributed by atoms with Gasteiger partial charge in [-0.1, -0.05) is 109 Å². The number of aromatic nitrogens is 1. The van der Waals surface area contributed by atoms with Crippen LogP contribution < -0.4 is 28.0 Å². The number of pyridine rings is 1. The molecule has 1 aromatic rings. The summed E-state index contributed by atoms with van der Waals surface area (Å²) >= 11 is 0. The van der Waals surface area contributed by atoms with Gasteiger partial charge in [-0.05, 0) is 40.0 Å². The van der Waals surface area contributed by atoms with Crippen molar-refractivity contribution in [2.24, 2.45) is 5.73 Å². The third kappa shape index (κ3) is 17.0. The number of alkyl carbamates (subject to hydrolysis) is 1. The summed E-state index contributed by atoms with van der Waals surface area (Å²) in [5.74, 6) is -0.485. The summed E-state index contributed by atoms with van der Waals surface area (Å²) in [7, 11) is 0. The third-order valence-corrected chi connectivity index (χ3v) is 8.89. The molecule has 260 valence electrons. The highest BCUT2D eigenvalue weighted by Gasteiger charge is 2.45. The van der Waals surface area contributed by atoms with E-state index in [1.54, 1.807) is 0 Å². The van der Waals surface area contributed by atoms with E-state index >= 15 is 0 Å². The van der Waals surface area contributed by atoms with E-state index in [-0.39, 0.29) is 25.6 Å². The van der Waals surface area contributed by atoms with Gasteiger partial charge in [0.25, 0.3) is 0 Å². The number of nitrogens with zero attached hydrogens (tertiary/aromatic N) is 1. The molecule has 2 rings (SSSR count). The number of nitrogens with one attached hydrogen (secondary N) is 1. The second-order valence-electron chi connectivity index (χ2n) is 13.3. The molecule has 1 fully saturated rings. The van der Waals surface area contributed by atoms with Crippen LogP contribution in [0.5, 0.6) is 0 Å². The summed E-state index contributed by atoms with van der Waals surface area (Å²) in [6.07, 6.45) is 24.1. The van der Waals surface area contributed by atoms with Crippen molar-refractivity contribution in [3.05, 3.63) is 30.1 Å². The van der Waals surface area contributed by atoms with Gasteiger partial charge in [-0.15, -0.1) is 0 Å². The van der Waals surface area contributed by atoms with Crippen molar-refractivity contribution < 1.29 is 40.8 Å². The first kappa shape index (κ1) is 41.1. The summed E-state index contributed by atoms with van der Waals surface area (Å²) in [5.41, 5.74) is 5.62. The van der Waals surface area contributed by atoms with Crippen LogP contribution in [0.1, 0.15) is 155 Å². The molecule has 0 bridgehead atoms. The summed E-state index contributed by atoms with van der Waals surface area (Å²) in [4.78, 5) is 25.0. The van der Waals surface area contributed by atoms with Gasteiger partial charge < -0.3 is 37.7 Å². The molecule has 0 aromatic carbocycles. The number of nitrogens with two attached hydrogens (primary N) is 1. The number of rotatable bonds is 24. The maximum absolute atomic E-state index is 12.7. The number of hydrogen-bond acceptors (Lipinski definition) is 6. The first-order valence-electron chi connectivity index (χ1n) is 17.7. The second kappa shape index (κ2) is 23.4. The van der Waals surface area contributed by atoms with E-state index in [0.29, 0.717) is 31.6 Å². The molecule has 9 heteroatoms. The van der Waals surface area contributed by atoms with Crippen molar-refractivity contribution in [1.29, 1.82) is 0 Å². The normalized spacial score (nSPS) is 19.9. The molecule has 1 aliphatic heterocycles. The Bertz CT molecular complexity index is 951. The lowest BCUT2D eigenvalue weighted by molar-refractivity contribution is -0.701. The first-order chi connectivity index (χ1) is 21.2. The molecule has 8 nitrogen and oxygen atoms in total. The molecular formula is C36H64ClN3O5. The van der Waals surface area contributed by atoms with Gasteiger partial charge in [0.1, 0.15) is 31.0 Å². The van der Waals surface area contributed by atoms with Crippen LogP contribution in [0, 0.1) is 0 Å². The van der Waals surface area contributed by atoms with Crippen LogP contribution >= 0.6 is 0 Å². The summed E-state index contributed by atoms with van der Waals surface area (Å²) in [6, 6.07) is 4.74. The Morgan fingerprint density at radius 1 is 0.822 bits per heavy atom. The van der Waals surface area contributed by atoms with E-state index in [1.807, 2.05) is 49.7 Å². The van der Waals surface area contributed by atoms with Gasteiger partial charge in [0.05, 0.1) is 0 Å². The molecule has 1 aromatic heterocycles. The number of carbonyl (C=O) groups is 2. The highest BCUT2D eigenvalue weighted by molar-refractivity contribution is 5.76. The zero-order valence-electron chi connectivity index (χ0n) is 28.9. The highest BCUT2D eigenvalue weighted by Crippen LogP contribution is 2.38. The van der Waals surface area contributed by atoms with Gasteiger partial charge in [-0.25, -0.2) is 14.2 Å². The van der Waals surface area contributed by atoms with Crippen LogP contribution in [-0.4, -0.2) is 43.0 Å². The zero-order valence-corrected chi connectivity index (χ0v) is 29.6. The van der Waals surface area contributed by atoms with E-state index in [1.165, 1.54) is 89.9 Å². The van der Waals surface area contributed by atoms with Crippen molar-refractivity contribution >= 4 is 12.1 Å². The Hall–Kier alpha value is -1.90. The van der Waals surface area contributed by atoms with Gasteiger partial charge in [0.2, 0.25) is 5.69 Å². The highest BCUT2D eigenvalue weighted by atomic mass is 35.5. The number of esters is 1. The van der Waals surface area contributed by atoms with E-state index < -0.39 is 29.3 Å². The van der Waals surface area contributed by atoms with Crippen LogP contribution in [0.4, 0.5) is 4.79 Å². The number of carbonyl (C=O) groups excluding carboxylic acids is 2. The van der Waals surface area contributed by atoms with Crippen LogP contribution in [0.2, 0.25) is 0 Å². The first-order valence-corrected chi connectivity index (χ1v) is 17.7. The Morgan fingerprint density at radius 2 is 1.31 bits per heavy atom. The number of halogens is 1.